The van der Waals surface area contributed by atoms with Crippen molar-refractivity contribution in [1.29, 1.82) is 0 Å². The average molecular weight is 235 g/mol. The average Bonchev–Trinajstić information content (AvgIpc) is 2.28. The van der Waals surface area contributed by atoms with E-state index in [9.17, 15) is 9.59 Å². The Balaban J connectivity index is 2.54. The first-order valence-corrected chi connectivity index (χ1v) is 5.55. The molecule has 92 valence electrons. The van der Waals surface area contributed by atoms with Crippen molar-refractivity contribution in [1.82, 2.24) is 4.90 Å². The Hall–Kier alpha value is -1.84. The van der Waals surface area contributed by atoms with E-state index in [-0.39, 0.29) is 12.5 Å². The number of hydrogen-bond donors (Lipinski definition) is 0. The summed E-state index contributed by atoms with van der Waals surface area (Å²) in [5.41, 5.74) is 1.10. The van der Waals surface area contributed by atoms with Crippen LogP contribution in [0.1, 0.15) is 19.4 Å². The maximum Gasteiger partial charge on any atom is 0.331 e. The van der Waals surface area contributed by atoms with Crippen LogP contribution in [0.25, 0.3) is 0 Å². The van der Waals surface area contributed by atoms with E-state index in [1.807, 2.05) is 26.0 Å². The maximum absolute atomic E-state index is 11.6. The minimum absolute atomic E-state index is 0.0142. The smallest absolute Gasteiger partial charge is 0.331 e. The van der Waals surface area contributed by atoms with Gasteiger partial charge in [0.15, 0.2) is 0 Å². The monoisotopic (exact) mass is 235 g/mol. The molecule has 0 aliphatic carbocycles. The molecule has 0 N–H and O–H groups in total. The molecule has 4 nitrogen and oxygen atoms in total. The number of esters is 1. The van der Waals surface area contributed by atoms with Crippen LogP contribution < -0.4 is 4.74 Å². The molecule has 0 unspecified atom stereocenters. The van der Waals surface area contributed by atoms with E-state index in [1.165, 1.54) is 11.8 Å². The summed E-state index contributed by atoms with van der Waals surface area (Å²) in [6.45, 7) is 5.70. The Morgan fingerprint density at radius 1 is 1.24 bits per heavy atom. The Bertz CT molecular complexity index is 398. The number of rotatable bonds is 4. The summed E-state index contributed by atoms with van der Waals surface area (Å²) in [7, 11) is 0. The highest BCUT2D eigenvalue weighted by Gasteiger charge is 2.13. The quantitative estimate of drug-likeness (QED) is 0.590. The molecule has 17 heavy (non-hydrogen) atoms. The van der Waals surface area contributed by atoms with Crippen molar-refractivity contribution in [2.24, 2.45) is 0 Å². The second-order valence-corrected chi connectivity index (χ2v) is 3.82. The molecule has 0 aromatic heterocycles. The Morgan fingerprint density at radius 2 is 1.82 bits per heavy atom. The SMILES string of the molecule is CCN(CC(=O)Oc1ccc(C)cc1)C(C)=O. The standard InChI is InChI=1S/C13H17NO3/c1-4-14(11(3)15)9-13(16)17-12-7-5-10(2)6-8-12/h5-8H,4,9H2,1-3H3. The zero-order valence-corrected chi connectivity index (χ0v) is 10.4. The maximum atomic E-state index is 11.6. The van der Waals surface area contributed by atoms with Crippen LogP contribution in [0.15, 0.2) is 24.3 Å². The zero-order chi connectivity index (χ0) is 12.8. The molecule has 0 saturated heterocycles. The van der Waals surface area contributed by atoms with Gasteiger partial charge >= 0.3 is 5.97 Å². The largest absolute Gasteiger partial charge is 0.425 e. The van der Waals surface area contributed by atoms with Crippen LogP contribution in [0.3, 0.4) is 0 Å². The topological polar surface area (TPSA) is 46.6 Å². The van der Waals surface area contributed by atoms with Gasteiger partial charge in [-0.1, -0.05) is 17.7 Å². The van der Waals surface area contributed by atoms with Crippen LogP contribution in [0.5, 0.6) is 5.75 Å². The van der Waals surface area contributed by atoms with E-state index >= 15 is 0 Å². The van der Waals surface area contributed by atoms with Crippen molar-refractivity contribution in [2.45, 2.75) is 20.8 Å². The molecular formula is C13H17NO3. The summed E-state index contributed by atoms with van der Waals surface area (Å²) in [4.78, 5) is 24.1. The Labute approximate surface area is 101 Å². The zero-order valence-electron chi connectivity index (χ0n) is 10.4. The van der Waals surface area contributed by atoms with E-state index in [2.05, 4.69) is 0 Å². The van der Waals surface area contributed by atoms with Crippen LogP contribution in [-0.4, -0.2) is 29.9 Å². The van der Waals surface area contributed by atoms with Crippen LogP contribution in [-0.2, 0) is 9.59 Å². The number of ether oxygens (including phenoxy) is 1. The molecule has 0 heterocycles. The van der Waals surface area contributed by atoms with Gasteiger partial charge in [-0.25, -0.2) is 4.79 Å². The van der Waals surface area contributed by atoms with Crippen LogP contribution >= 0.6 is 0 Å². The van der Waals surface area contributed by atoms with Crippen LogP contribution in [0.4, 0.5) is 0 Å². The number of carbonyl (C=O) groups excluding carboxylic acids is 2. The van der Waals surface area contributed by atoms with Crippen molar-refractivity contribution >= 4 is 11.9 Å². The number of amides is 1. The van der Waals surface area contributed by atoms with Gasteiger partial charge in [-0.05, 0) is 26.0 Å². The van der Waals surface area contributed by atoms with Crippen LogP contribution in [0, 0.1) is 6.92 Å². The molecule has 4 heteroatoms. The number of carbonyl (C=O) groups is 2. The van der Waals surface area contributed by atoms with Gasteiger partial charge in [-0.15, -0.1) is 0 Å². The van der Waals surface area contributed by atoms with E-state index < -0.39 is 5.97 Å². The van der Waals surface area contributed by atoms with E-state index in [0.717, 1.165) is 5.56 Å². The summed E-state index contributed by atoms with van der Waals surface area (Å²) in [5.74, 6) is -0.0561. The third kappa shape index (κ3) is 4.26. The minimum atomic E-state index is -0.425. The molecule has 0 spiro atoms. The highest BCUT2D eigenvalue weighted by atomic mass is 16.5. The Kier molecular flexibility index (Phi) is 4.69. The van der Waals surface area contributed by atoms with Gasteiger partial charge in [0.25, 0.3) is 0 Å². The summed E-state index contributed by atoms with van der Waals surface area (Å²) >= 11 is 0. The minimum Gasteiger partial charge on any atom is -0.425 e. The molecule has 0 aliphatic heterocycles. The summed E-state index contributed by atoms with van der Waals surface area (Å²) in [5, 5.41) is 0. The second-order valence-electron chi connectivity index (χ2n) is 3.82. The third-order valence-corrected chi connectivity index (χ3v) is 2.40. The molecule has 0 fully saturated rings. The molecule has 0 radical (unpaired) electrons. The van der Waals surface area contributed by atoms with Gasteiger partial charge < -0.3 is 9.64 Å². The van der Waals surface area contributed by atoms with Crippen molar-refractivity contribution in [2.75, 3.05) is 13.1 Å². The summed E-state index contributed by atoms with van der Waals surface area (Å²) < 4.78 is 5.12. The fourth-order valence-electron chi connectivity index (χ4n) is 1.37. The molecule has 0 atom stereocenters. The fraction of sp³-hybridized carbons (Fsp3) is 0.385. The molecule has 0 saturated carbocycles. The highest BCUT2D eigenvalue weighted by Crippen LogP contribution is 2.11. The van der Waals surface area contributed by atoms with Gasteiger partial charge in [-0.2, -0.15) is 0 Å². The second kappa shape index (κ2) is 6.03. The normalized spacial score (nSPS) is 9.82. The van der Waals surface area contributed by atoms with Gasteiger partial charge in [-0.3, -0.25) is 4.79 Å². The van der Waals surface area contributed by atoms with Crippen molar-refractivity contribution in [3.63, 3.8) is 0 Å². The first kappa shape index (κ1) is 13.2. The molecule has 1 aromatic rings. The first-order chi connectivity index (χ1) is 8.02. The van der Waals surface area contributed by atoms with Gasteiger partial charge in [0, 0.05) is 13.5 Å². The number of likely N-dealkylation sites (N-methyl/N-ethyl adjacent to an activating group) is 1. The number of benzene rings is 1. The lowest BCUT2D eigenvalue weighted by Gasteiger charge is -2.17. The molecule has 1 amide bonds. The molecular weight excluding hydrogens is 218 g/mol. The van der Waals surface area contributed by atoms with Crippen molar-refractivity contribution in [3.05, 3.63) is 29.8 Å². The number of nitrogens with zero attached hydrogens (tertiary/aromatic N) is 1. The lowest BCUT2D eigenvalue weighted by Crippen LogP contribution is -2.35. The summed E-state index contributed by atoms with van der Waals surface area (Å²) in [6.07, 6.45) is 0. The van der Waals surface area contributed by atoms with E-state index in [1.54, 1.807) is 12.1 Å². The molecule has 0 aliphatic rings. The van der Waals surface area contributed by atoms with E-state index in [0.29, 0.717) is 12.3 Å². The predicted octanol–water partition coefficient (Wildman–Crippen LogP) is 1.77. The fourth-order valence-corrected chi connectivity index (χ4v) is 1.37. The van der Waals surface area contributed by atoms with Gasteiger partial charge in [0.05, 0.1) is 0 Å². The number of aryl methyl sites for hydroxylation is 1. The Morgan fingerprint density at radius 3 is 2.29 bits per heavy atom. The van der Waals surface area contributed by atoms with E-state index in [4.69, 9.17) is 4.74 Å². The number of hydrogen-bond acceptors (Lipinski definition) is 3. The summed E-state index contributed by atoms with van der Waals surface area (Å²) in [6, 6.07) is 7.20. The van der Waals surface area contributed by atoms with Crippen molar-refractivity contribution in [3.8, 4) is 5.75 Å². The molecule has 1 rings (SSSR count). The molecule has 1 aromatic carbocycles. The lowest BCUT2D eigenvalue weighted by atomic mass is 10.2. The van der Waals surface area contributed by atoms with Crippen molar-refractivity contribution < 1.29 is 14.3 Å². The first-order valence-electron chi connectivity index (χ1n) is 5.55. The third-order valence-electron chi connectivity index (χ3n) is 2.40. The highest BCUT2D eigenvalue weighted by molar-refractivity contribution is 5.81. The lowest BCUT2D eigenvalue weighted by molar-refractivity contribution is -0.141. The predicted molar refractivity (Wildman–Crippen MR) is 64.7 cm³/mol. The molecule has 0 bridgehead atoms. The van der Waals surface area contributed by atoms with Gasteiger partial charge in [0.2, 0.25) is 5.91 Å². The van der Waals surface area contributed by atoms with Gasteiger partial charge in [0.1, 0.15) is 12.3 Å². The van der Waals surface area contributed by atoms with Crippen LogP contribution in [0.2, 0.25) is 0 Å².